The number of benzene rings is 1. The first kappa shape index (κ1) is 23.4. The molecule has 0 aliphatic carbocycles. The van der Waals surface area contributed by atoms with E-state index in [4.69, 9.17) is 4.74 Å². The van der Waals surface area contributed by atoms with E-state index in [0.717, 1.165) is 69.4 Å². The number of ether oxygens (including phenoxy) is 1. The number of hydrogen-bond acceptors (Lipinski definition) is 8. The fraction of sp³-hybridized carbons (Fsp3) is 0.480. The van der Waals surface area contributed by atoms with E-state index in [-0.39, 0.29) is 0 Å². The van der Waals surface area contributed by atoms with Gasteiger partial charge >= 0.3 is 0 Å². The van der Waals surface area contributed by atoms with Crippen LogP contribution in [0.1, 0.15) is 5.56 Å². The van der Waals surface area contributed by atoms with Crippen LogP contribution < -0.4 is 10.6 Å². The van der Waals surface area contributed by atoms with Gasteiger partial charge in [-0.15, -0.1) is 0 Å². The highest BCUT2D eigenvalue weighted by Crippen LogP contribution is 2.21. The van der Waals surface area contributed by atoms with Gasteiger partial charge in [0, 0.05) is 70.6 Å². The average molecular weight is 450 g/mol. The Morgan fingerprint density at radius 2 is 1.82 bits per heavy atom. The molecular weight excluding hydrogens is 414 g/mol. The van der Waals surface area contributed by atoms with Crippen molar-refractivity contribution in [1.82, 2.24) is 24.8 Å². The molecule has 1 atom stereocenters. The summed E-state index contributed by atoms with van der Waals surface area (Å²) < 4.78 is 5.08. The Hall–Kier alpha value is -2.81. The first-order valence-corrected chi connectivity index (χ1v) is 11.7. The molecule has 1 fully saturated rings. The van der Waals surface area contributed by atoms with Crippen LogP contribution in [0.5, 0.6) is 0 Å². The molecule has 176 valence electrons. The van der Waals surface area contributed by atoms with E-state index in [9.17, 15) is 0 Å². The van der Waals surface area contributed by atoms with E-state index in [1.807, 2.05) is 18.3 Å². The lowest BCUT2D eigenvalue weighted by Crippen LogP contribution is -2.34. The van der Waals surface area contributed by atoms with Crippen molar-refractivity contribution in [2.24, 2.45) is 5.92 Å². The molecule has 2 N–H and O–H groups in total. The zero-order valence-electron chi connectivity index (χ0n) is 19.7. The normalized spacial score (nSPS) is 17.7. The Labute approximate surface area is 196 Å². The number of pyridine rings is 1. The highest BCUT2D eigenvalue weighted by Gasteiger charge is 2.22. The Kier molecular flexibility index (Phi) is 8.41. The van der Waals surface area contributed by atoms with Crippen LogP contribution in [0.15, 0.2) is 48.9 Å². The van der Waals surface area contributed by atoms with Gasteiger partial charge in [0.25, 0.3) is 0 Å². The molecule has 3 aromatic rings. The number of nitrogens with zero attached hydrogens (tertiary/aromatic N) is 5. The van der Waals surface area contributed by atoms with Gasteiger partial charge in [0.1, 0.15) is 18.0 Å². The second-order valence-corrected chi connectivity index (χ2v) is 8.76. The third-order valence-electron chi connectivity index (χ3n) is 6.12. The van der Waals surface area contributed by atoms with Gasteiger partial charge < -0.3 is 20.3 Å². The summed E-state index contributed by atoms with van der Waals surface area (Å²) in [5.41, 5.74) is 2.49. The van der Waals surface area contributed by atoms with E-state index in [0.29, 0.717) is 12.5 Å². The molecule has 1 aromatic carbocycles. The summed E-state index contributed by atoms with van der Waals surface area (Å²) in [4.78, 5) is 18.3. The summed E-state index contributed by atoms with van der Waals surface area (Å²) in [7, 11) is 3.92. The molecule has 4 rings (SSSR count). The largest absolute Gasteiger partial charge is 0.383 e. The van der Waals surface area contributed by atoms with E-state index < -0.39 is 0 Å². The van der Waals surface area contributed by atoms with Crippen molar-refractivity contribution in [3.8, 4) is 0 Å². The minimum Gasteiger partial charge on any atom is -0.383 e. The SMILES string of the molecule is COCCNc1cc(NCCN2CCN(C)CC(Cc3cccc4cccnc34)C2)ncn1. The van der Waals surface area contributed by atoms with Crippen molar-refractivity contribution in [2.45, 2.75) is 6.42 Å². The molecule has 0 saturated carbocycles. The molecule has 1 unspecified atom stereocenters. The monoisotopic (exact) mass is 449 g/mol. The molecule has 3 heterocycles. The van der Waals surface area contributed by atoms with Crippen molar-refractivity contribution in [2.75, 3.05) is 77.2 Å². The maximum Gasteiger partial charge on any atom is 0.131 e. The number of hydrogen-bond donors (Lipinski definition) is 2. The molecular formula is C25H35N7O. The Morgan fingerprint density at radius 1 is 1.00 bits per heavy atom. The number of methoxy groups -OCH3 is 1. The summed E-state index contributed by atoms with van der Waals surface area (Å²) in [6, 6.07) is 12.6. The van der Waals surface area contributed by atoms with E-state index in [2.05, 4.69) is 66.7 Å². The lowest BCUT2D eigenvalue weighted by molar-refractivity contribution is 0.210. The van der Waals surface area contributed by atoms with Gasteiger partial charge in [-0.05, 0) is 31.0 Å². The molecule has 0 spiro atoms. The average Bonchev–Trinajstić information content (AvgIpc) is 3.00. The molecule has 8 heteroatoms. The topological polar surface area (TPSA) is 78.4 Å². The van der Waals surface area contributed by atoms with Crippen molar-refractivity contribution in [1.29, 1.82) is 0 Å². The van der Waals surface area contributed by atoms with Gasteiger partial charge in [-0.1, -0.05) is 24.3 Å². The molecule has 0 bridgehead atoms. The highest BCUT2D eigenvalue weighted by molar-refractivity contribution is 5.81. The summed E-state index contributed by atoms with van der Waals surface area (Å²) >= 11 is 0. The second kappa shape index (κ2) is 11.9. The third-order valence-corrected chi connectivity index (χ3v) is 6.12. The second-order valence-electron chi connectivity index (χ2n) is 8.76. The summed E-state index contributed by atoms with van der Waals surface area (Å²) in [5, 5.41) is 7.92. The van der Waals surface area contributed by atoms with Crippen LogP contribution in [-0.4, -0.2) is 91.3 Å². The van der Waals surface area contributed by atoms with Gasteiger partial charge in [-0.3, -0.25) is 9.88 Å². The van der Waals surface area contributed by atoms with Crippen LogP contribution in [0.25, 0.3) is 10.9 Å². The van der Waals surface area contributed by atoms with E-state index in [1.54, 1.807) is 13.4 Å². The standard InChI is InChI=1S/C25H35N7O/c1-31-12-13-32(11-9-26-23-16-24(30-19-29-23)27-10-14-33-2)18-20(17-31)15-22-6-3-5-21-7-4-8-28-25(21)22/h3-8,16,19-20H,9-15,17-18H2,1-2H3,(H2,26,27,29,30). The third kappa shape index (κ3) is 6.83. The summed E-state index contributed by atoms with van der Waals surface area (Å²) in [6.07, 6.45) is 4.53. The van der Waals surface area contributed by atoms with Crippen LogP contribution >= 0.6 is 0 Å². The molecule has 8 nitrogen and oxygen atoms in total. The zero-order chi connectivity index (χ0) is 22.9. The van der Waals surface area contributed by atoms with Crippen LogP contribution in [0.4, 0.5) is 11.6 Å². The van der Waals surface area contributed by atoms with Crippen molar-refractivity contribution in [3.63, 3.8) is 0 Å². The number of para-hydroxylation sites is 1. The maximum atomic E-state index is 5.08. The van der Waals surface area contributed by atoms with Crippen molar-refractivity contribution in [3.05, 3.63) is 54.5 Å². The zero-order valence-corrected chi connectivity index (χ0v) is 19.7. The number of fused-ring (bicyclic) bond motifs is 1. The highest BCUT2D eigenvalue weighted by atomic mass is 16.5. The Bertz CT molecular complexity index is 1010. The number of rotatable bonds is 10. The van der Waals surface area contributed by atoms with Gasteiger partial charge in [0.05, 0.1) is 12.1 Å². The smallest absolute Gasteiger partial charge is 0.131 e. The first-order chi connectivity index (χ1) is 16.2. The summed E-state index contributed by atoms with van der Waals surface area (Å²) in [5.74, 6) is 2.22. The number of nitrogens with one attached hydrogen (secondary N) is 2. The minimum atomic E-state index is 0.570. The summed E-state index contributed by atoms with van der Waals surface area (Å²) in [6.45, 7) is 7.56. The number of anilines is 2. The number of aromatic nitrogens is 3. The minimum absolute atomic E-state index is 0.570. The fourth-order valence-corrected chi connectivity index (χ4v) is 4.51. The molecule has 0 amide bonds. The first-order valence-electron chi connectivity index (χ1n) is 11.7. The molecule has 1 aliphatic rings. The lowest BCUT2D eigenvalue weighted by Gasteiger charge is -2.24. The molecule has 1 aliphatic heterocycles. The Morgan fingerprint density at radius 3 is 2.67 bits per heavy atom. The molecule has 0 radical (unpaired) electrons. The van der Waals surface area contributed by atoms with Gasteiger partial charge in [-0.25, -0.2) is 9.97 Å². The van der Waals surface area contributed by atoms with Crippen LogP contribution in [0, 0.1) is 5.92 Å². The van der Waals surface area contributed by atoms with Gasteiger partial charge in [-0.2, -0.15) is 0 Å². The molecule has 1 saturated heterocycles. The fourth-order valence-electron chi connectivity index (χ4n) is 4.51. The van der Waals surface area contributed by atoms with Crippen LogP contribution in [-0.2, 0) is 11.2 Å². The maximum absolute atomic E-state index is 5.08. The van der Waals surface area contributed by atoms with Gasteiger partial charge in [0.15, 0.2) is 0 Å². The van der Waals surface area contributed by atoms with Crippen LogP contribution in [0.3, 0.4) is 0 Å². The molecule has 33 heavy (non-hydrogen) atoms. The number of likely N-dealkylation sites (N-methyl/N-ethyl adjacent to an activating group) is 1. The van der Waals surface area contributed by atoms with Crippen molar-refractivity contribution >= 4 is 22.5 Å². The van der Waals surface area contributed by atoms with E-state index in [1.165, 1.54) is 10.9 Å². The lowest BCUT2D eigenvalue weighted by atomic mass is 9.96. The van der Waals surface area contributed by atoms with E-state index >= 15 is 0 Å². The van der Waals surface area contributed by atoms with Gasteiger partial charge in [0.2, 0.25) is 0 Å². The molecule has 2 aromatic heterocycles. The predicted molar refractivity (Wildman–Crippen MR) is 134 cm³/mol. The quantitative estimate of drug-likeness (QED) is 0.458. The Balaban J connectivity index is 1.32. The predicted octanol–water partition coefficient (Wildman–Crippen LogP) is 2.60. The van der Waals surface area contributed by atoms with Crippen molar-refractivity contribution < 1.29 is 4.74 Å². The van der Waals surface area contributed by atoms with Crippen LogP contribution in [0.2, 0.25) is 0 Å².